The maximum absolute atomic E-state index is 4.35. The van der Waals surface area contributed by atoms with Crippen molar-refractivity contribution in [1.82, 2.24) is 14.8 Å². The molecule has 3 nitrogen and oxygen atoms in total. The van der Waals surface area contributed by atoms with Gasteiger partial charge in [0.15, 0.2) is 5.82 Å². The maximum Gasteiger partial charge on any atom is 0.153 e. The van der Waals surface area contributed by atoms with E-state index < -0.39 is 0 Å². The quantitative estimate of drug-likeness (QED) is 0.787. The summed E-state index contributed by atoms with van der Waals surface area (Å²) in [5, 5.41) is 4.50. The van der Waals surface area contributed by atoms with Crippen molar-refractivity contribution in [2.45, 2.75) is 19.1 Å². The number of hydrogen-bond donors (Lipinski definition) is 1. The minimum atomic E-state index is 0.214. The second kappa shape index (κ2) is 4.06. The van der Waals surface area contributed by atoms with E-state index in [1.165, 1.54) is 0 Å². The van der Waals surface area contributed by atoms with Crippen LogP contribution < -0.4 is 0 Å². The van der Waals surface area contributed by atoms with Gasteiger partial charge < -0.3 is 0 Å². The van der Waals surface area contributed by atoms with Crippen LogP contribution in [0.2, 0.25) is 0 Å². The Morgan fingerprint density at radius 3 is 2.60 bits per heavy atom. The number of nitrogens with zero attached hydrogens (tertiary/aromatic N) is 3. The summed E-state index contributed by atoms with van der Waals surface area (Å²) in [5.41, 5.74) is 2.11. The predicted octanol–water partition coefficient (Wildman–Crippen LogP) is 2.57. The summed E-state index contributed by atoms with van der Waals surface area (Å²) in [6, 6.07) is 5.93. The van der Waals surface area contributed by atoms with E-state index >= 15 is 0 Å². The highest BCUT2D eigenvalue weighted by atomic mass is 32.1. The maximum atomic E-state index is 4.35. The summed E-state index contributed by atoms with van der Waals surface area (Å²) in [4.78, 5) is 4.34. The van der Waals surface area contributed by atoms with Gasteiger partial charge in [0.05, 0.1) is 5.69 Å². The molecule has 0 bridgehead atoms. The molecule has 0 aliphatic carbocycles. The zero-order valence-corrected chi connectivity index (χ0v) is 9.65. The van der Waals surface area contributed by atoms with E-state index in [2.05, 4.69) is 22.7 Å². The van der Waals surface area contributed by atoms with Crippen molar-refractivity contribution in [2.24, 2.45) is 0 Å². The van der Waals surface area contributed by atoms with Crippen LogP contribution in [0.25, 0.3) is 5.82 Å². The van der Waals surface area contributed by atoms with Crippen molar-refractivity contribution in [3.8, 4) is 5.82 Å². The van der Waals surface area contributed by atoms with E-state index in [1.807, 2.05) is 44.4 Å². The number of pyridine rings is 1. The highest BCUT2D eigenvalue weighted by Crippen LogP contribution is 2.18. The summed E-state index contributed by atoms with van der Waals surface area (Å²) in [5.74, 6) is 0.834. The van der Waals surface area contributed by atoms with Crippen molar-refractivity contribution < 1.29 is 0 Å². The third-order valence-corrected chi connectivity index (χ3v) is 2.51. The van der Waals surface area contributed by atoms with Crippen molar-refractivity contribution in [3.63, 3.8) is 0 Å². The first-order chi connectivity index (χ1) is 7.16. The third kappa shape index (κ3) is 2.21. The van der Waals surface area contributed by atoms with Gasteiger partial charge in [-0.15, -0.1) is 0 Å². The van der Waals surface area contributed by atoms with Crippen molar-refractivity contribution in [3.05, 3.63) is 41.9 Å². The Hall–Kier alpha value is -1.29. The zero-order valence-electron chi connectivity index (χ0n) is 8.75. The lowest BCUT2D eigenvalue weighted by Crippen LogP contribution is -1.99. The molecule has 0 saturated carbocycles. The molecule has 0 aliphatic heterocycles. The SMILES string of the molecule is Cc1ccn(-c2ccc(C(C)S)cn2)n1. The molecule has 0 amide bonds. The molecule has 78 valence electrons. The van der Waals surface area contributed by atoms with E-state index in [9.17, 15) is 0 Å². The first-order valence-corrected chi connectivity index (χ1v) is 5.35. The molecule has 0 saturated heterocycles. The standard InChI is InChI=1S/C11H13N3S/c1-8-5-6-14(13-8)11-4-3-10(7-12-11)9(2)15/h3-7,9,15H,1-2H3. The Bertz CT molecular complexity index is 445. The van der Waals surface area contributed by atoms with Gasteiger partial charge in [0, 0.05) is 17.6 Å². The predicted molar refractivity (Wildman–Crippen MR) is 63.5 cm³/mol. The molecule has 0 N–H and O–H groups in total. The molecule has 0 fully saturated rings. The Balaban J connectivity index is 2.31. The fourth-order valence-electron chi connectivity index (χ4n) is 1.32. The van der Waals surface area contributed by atoms with Gasteiger partial charge in [-0.05, 0) is 31.5 Å². The zero-order chi connectivity index (χ0) is 10.8. The van der Waals surface area contributed by atoms with Crippen LogP contribution in [0.3, 0.4) is 0 Å². The van der Waals surface area contributed by atoms with E-state index in [-0.39, 0.29) is 5.25 Å². The van der Waals surface area contributed by atoms with Crippen molar-refractivity contribution in [1.29, 1.82) is 0 Å². The third-order valence-electron chi connectivity index (χ3n) is 2.21. The van der Waals surface area contributed by atoms with E-state index in [4.69, 9.17) is 0 Å². The van der Waals surface area contributed by atoms with E-state index in [0.717, 1.165) is 17.1 Å². The summed E-state index contributed by atoms with van der Waals surface area (Å²) < 4.78 is 1.77. The van der Waals surface area contributed by atoms with Gasteiger partial charge in [0.25, 0.3) is 0 Å². The molecule has 0 aromatic carbocycles. The average molecular weight is 219 g/mol. The number of hydrogen-bond acceptors (Lipinski definition) is 3. The second-order valence-electron chi connectivity index (χ2n) is 3.53. The van der Waals surface area contributed by atoms with Crippen LogP contribution in [-0.2, 0) is 0 Å². The lowest BCUT2D eigenvalue weighted by atomic mass is 10.2. The number of aryl methyl sites for hydroxylation is 1. The Morgan fingerprint density at radius 1 is 1.33 bits per heavy atom. The molecule has 0 aliphatic rings. The number of rotatable bonds is 2. The molecule has 2 aromatic heterocycles. The van der Waals surface area contributed by atoms with Gasteiger partial charge in [0.2, 0.25) is 0 Å². The Kier molecular flexibility index (Phi) is 2.77. The van der Waals surface area contributed by atoms with Gasteiger partial charge in [-0.3, -0.25) is 0 Å². The van der Waals surface area contributed by atoms with Crippen LogP contribution in [0.5, 0.6) is 0 Å². The summed E-state index contributed by atoms with van der Waals surface area (Å²) in [6.07, 6.45) is 3.74. The van der Waals surface area contributed by atoms with Crippen LogP contribution in [0.1, 0.15) is 23.4 Å². The van der Waals surface area contributed by atoms with E-state index in [1.54, 1.807) is 4.68 Å². The molecule has 0 radical (unpaired) electrons. The van der Waals surface area contributed by atoms with Gasteiger partial charge in [-0.1, -0.05) is 6.07 Å². The molecular weight excluding hydrogens is 206 g/mol. The van der Waals surface area contributed by atoms with Crippen LogP contribution >= 0.6 is 12.6 Å². The summed E-state index contributed by atoms with van der Waals surface area (Å²) in [6.45, 7) is 3.98. The molecule has 4 heteroatoms. The number of aromatic nitrogens is 3. The first-order valence-electron chi connectivity index (χ1n) is 4.83. The normalized spacial score (nSPS) is 12.7. The molecule has 0 spiro atoms. The minimum absolute atomic E-state index is 0.214. The largest absolute Gasteiger partial charge is 0.237 e. The van der Waals surface area contributed by atoms with Crippen LogP contribution in [-0.4, -0.2) is 14.8 Å². The van der Waals surface area contributed by atoms with Crippen LogP contribution in [0.4, 0.5) is 0 Å². The minimum Gasteiger partial charge on any atom is -0.237 e. The molecule has 15 heavy (non-hydrogen) atoms. The van der Waals surface area contributed by atoms with E-state index in [0.29, 0.717) is 0 Å². The summed E-state index contributed by atoms with van der Waals surface area (Å²) >= 11 is 4.35. The van der Waals surface area contributed by atoms with Gasteiger partial charge >= 0.3 is 0 Å². The molecule has 1 atom stereocenters. The van der Waals surface area contributed by atoms with Gasteiger partial charge in [-0.25, -0.2) is 9.67 Å². The van der Waals surface area contributed by atoms with Gasteiger partial charge in [-0.2, -0.15) is 17.7 Å². The molecule has 1 unspecified atom stereocenters. The Labute approximate surface area is 94.6 Å². The van der Waals surface area contributed by atoms with Crippen molar-refractivity contribution >= 4 is 12.6 Å². The molecular formula is C11H13N3S. The summed E-state index contributed by atoms with van der Waals surface area (Å²) in [7, 11) is 0. The van der Waals surface area contributed by atoms with Crippen LogP contribution in [0, 0.1) is 6.92 Å². The topological polar surface area (TPSA) is 30.7 Å². The smallest absolute Gasteiger partial charge is 0.153 e. The second-order valence-corrected chi connectivity index (χ2v) is 4.30. The van der Waals surface area contributed by atoms with Crippen LogP contribution in [0.15, 0.2) is 30.6 Å². The fraction of sp³-hybridized carbons (Fsp3) is 0.273. The van der Waals surface area contributed by atoms with Crippen molar-refractivity contribution in [2.75, 3.05) is 0 Å². The lowest BCUT2D eigenvalue weighted by Gasteiger charge is -2.05. The lowest BCUT2D eigenvalue weighted by molar-refractivity contribution is 0.829. The highest BCUT2D eigenvalue weighted by molar-refractivity contribution is 7.80. The van der Waals surface area contributed by atoms with Gasteiger partial charge in [0.1, 0.15) is 0 Å². The monoisotopic (exact) mass is 219 g/mol. The molecule has 2 aromatic rings. The Morgan fingerprint density at radius 2 is 2.13 bits per heavy atom. The fourth-order valence-corrected chi connectivity index (χ4v) is 1.48. The average Bonchev–Trinajstić information content (AvgIpc) is 2.65. The molecule has 2 rings (SSSR count). The number of thiol groups is 1. The first kappa shape index (κ1) is 10.2. The molecule has 2 heterocycles. The highest BCUT2D eigenvalue weighted by Gasteiger charge is 2.02.